The minimum absolute atomic E-state index is 0.0613. The van der Waals surface area contributed by atoms with Gasteiger partial charge in [0.25, 0.3) is 5.56 Å². The fraction of sp³-hybridized carbons (Fsp3) is 0.355. The minimum Gasteiger partial charge on any atom is -0.350 e. The highest BCUT2D eigenvalue weighted by atomic mass is 32.2. The number of aromatic nitrogens is 3. The van der Waals surface area contributed by atoms with Crippen molar-refractivity contribution in [2.45, 2.75) is 57.6 Å². The largest absolute Gasteiger partial charge is 0.350 e. The lowest BCUT2D eigenvalue weighted by Gasteiger charge is -2.33. The molecule has 0 bridgehead atoms. The molecule has 3 N–H and O–H groups in total. The predicted octanol–water partition coefficient (Wildman–Crippen LogP) is 5.08. The number of nitriles is 1. The molecule has 242 valence electrons. The molecule has 1 aliphatic heterocycles. The Morgan fingerprint density at radius 2 is 1.91 bits per heavy atom. The van der Waals surface area contributed by atoms with Crippen molar-refractivity contribution in [3.05, 3.63) is 81.0 Å². The molecule has 0 amide bonds. The molecular weight excluding hydrogens is 626 g/mol. The van der Waals surface area contributed by atoms with Crippen LogP contribution < -0.4 is 20.9 Å². The second-order valence-corrected chi connectivity index (χ2v) is 13.7. The van der Waals surface area contributed by atoms with Crippen LogP contribution in [0.2, 0.25) is 0 Å². The van der Waals surface area contributed by atoms with Crippen LogP contribution in [0.4, 0.5) is 29.2 Å². The van der Waals surface area contributed by atoms with Gasteiger partial charge in [-0.3, -0.25) is 14.1 Å². The van der Waals surface area contributed by atoms with Gasteiger partial charge in [0, 0.05) is 48.7 Å². The van der Waals surface area contributed by atoms with Gasteiger partial charge in [-0.2, -0.15) is 10.2 Å². The van der Waals surface area contributed by atoms with Gasteiger partial charge < -0.3 is 10.6 Å². The molecule has 46 heavy (non-hydrogen) atoms. The number of aryl methyl sites for hydroxylation is 1. The van der Waals surface area contributed by atoms with Crippen LogP contribution in [0.1, 0.15) is 49.9 Å². The molecule has 15 heteroatoms. The summed E-state index contributed by atoms with van der Waals surface area (Å²) in [5.74, 6) is -5.64. The molecule has 5 rings (SSSR count). The average molecular weight is 658 g/mol. The number of halogens is 4. The van der Waals surface area contributed by atoms with Crippen molar-refractivity contribution in [3.63, 3.8) is 0 Å². The third-order valence-corrected chi connectivity index (χ3v) is 8.82. The molecule has 0 radical (unpaired) electrons. The second kappa shape index (κ2) is 12.3. The van der Waals surface area contributed by atoms with Crippen LogP contribution in [0, 0.1) is 35.7 Å². The van der Waals surface area contributed by atoms with Crippen LogP contribution in [0.25, 0.3) is 22.2 Å². The maximum absolute atomic E-state index is 15.5. The summed E-state index contributed by atoms with van der Waals surface area (Å²) in [6.45, 7) is 7.20. The van der Waals surface area contributed by atoms with E-state index in [4.69, 9.17) is 0 Å². The number of hydrogen-bond acceptors (Lipinski definition) is 8. The van der Waals surface area contributed by atoms with Crippen molar-refractivity contribution in [2.24, 2.45) is 0 Å². The van der Waals surface area contributed by atoms with E-state index >= 15 is 13.2 Å². The Morgan fingerprint density at radius 3 is 2.59 bits per heavy atom. The normalized spacial score (nSPS) is 18.5. The van der Waals surface area contributed by atoms with Crippen molar-refractivity contribution in [3.8, 4) is 17.2 Å². The first kappa shape index (κ1) is 32.8. The van der Waals surface area contributed by atoms with E-state index in [0.717, 1.165) is 0 Å². The quantitative estimate of drug-likeness (QED) is 0.176. The Kier molecular flexibility index (Phi) is 8.80. The molecule has 1 saturated heterocycles. The highest BCUT2D eigenvalue weighted by Gasteiger charge is 2.32. The van der Waals surface area contributed by atoms with Gasteiger partial charge in [0.05, 0.1) is 22.9 Å². The Balaban J connectivity index is 1.51. The smallest absolute Gasteiger partial charge is 0.260 e. The summed E-state index contributed by atoms with van der Waals surface area (Å²) >= 11 is 0. The topological polar surface area (TPSA) is 142 Å². The van der Waals surface area contributed by atoms with Crippen LogP contribution in [0.15, 0.2) is 41.3 Å². The van der Waals surface area contributed by atoms with Gasteiger partial charge in [-0.25, -0.2) is 31.0 Å². The monoisotopic (exact) mass is 657 g/mol. The van der Waals surface area contributed by atoms with E-state index in [-0.39, 0.29) is 47.1 Å². The minimum atomic E-state index is -4.51. The Morgan fingerprint density at radius 1 is 1.17 bits per heavy atom. The number of rotatable bonds is 8. The van der Waals surface area contributed by atoms with Gasteiger partial charge in [0.15, 0.2) is 17.5 Å². The number of alkyl halides is 1. The summed E-state index contributed by atoms with van der Waals surface area (Å²) in [6.07, 6.45) is 1.55. The molecule has 0 saturated carbocycles. The number of sulfonamides is 1. The molecule has 2 aromatic carbocycles. The average Bonchev–Trinajstić information content (AvgIpc) is 2.97. The van der Waals surface area contributed by atoms with Gasteiger partial charge in [-0.1, -0.05) is 12.1 Å². The number of hydrogen-bond donors (Lipinski definition) is 3. The van der Waals surface area contributed by atoms with Gasteiger partial charge in [0.2, 0.25) is 16.0 Å². The standard InChI is InChI=1S/C31H31F4N7O3S/c1-16(2)42-28-20(12-38-30(40-28)39-21-10-31(4,35)15-37-13-21)8-23(29(42)43)22-9-24(32)27(26(34)25(22)33)41-46(44,45)14-18-6-5-17(3)7-19(18)11-36/h5-9,12,16,21,37,41H,10,13-15H2,1-4H3,(H,38,39,40)/t21-,31-/m0/s1. The van der Waals surface area contributed by atoms with Crippen LogP contribution in [0.5, 0.6) is 0 Å². The van der Waals surface area contributed by atoms with Crippen molar-refractivity contribution >= 4 is 32.7 Å². The Bertz CT molecular complexity index is 2060. The number of nitrogens with one attached hydrogen (secondary N) is 3. The maximum Gasteiger partial charge on any atom is 0.260 e. The van der Waals surface area contributed by atoms with Crippen molar-refractivity contribution in [1.82, 2.24) is 19.9 Å². The summed E-state index contributed by atoms with van der Waals surface area (Å²) in [5, 5.41) is 15.7. The van der Waals surface area contributed by atoms with Gasteiger partial charge in [0.1, 0.15) is 17.0 Å². The number of piperidine rings is 1. The zero-order valence-corrected chi connectivity index (χ0v) is 26.2. The van der Waals surface area contributed by atoms with Gasteiger partial charge >= 0.3 is 0 Å². The van der Waals surface area contributed by atoms with Crippen molar-refractivity contribution < 1.29 is 26.0 Å². The van der Waals surface area contributed by atoms with Crippen LogP contribution in [-0.2, 0) is 15.8 Å². The summed E-state index contributed by atoms with van der Waals surface area (Å²) < 4.78 is 89.3. The first-order chi connectivity index (χ1) is 21.6. The number of anilines is 2. The van der Waals surface area contributed by atoms with E-state index in [2.05, 4.69) is 20.6 Å². The van der Waals surface area contributed by atoms with E-state index in [0.29, 0.717) is 18.2 Å². The second-order valence-electron chi connectivity index (χ2n) is 11.9. The van der Waals surface area contributed by atoms with Crippen LogP contribution in [0.3, 0.4) is 0 Å². The molecule has 2 atom stereocenters. The van der Waals surface area contributed by atoms with Crippen LogP contribution in [-0.4, -0.2) is 47.8 Å². The van der Waals surface area contributed by atoms with E-state index in [1.54, 1.807) is 31.6 Å². The first-order valence-corrected chi connectivity index (χ1v) is 16.0. The number of pyridine rings is 1. The molecule has 0 aliphatic carbocycles. The zero-order chi connectivity index (χ0) is 33.6. The maximum atomic E-state index is 15.5. The number of nitrogens with zero attached hydrogens (tertiary/aromatic N) is 4. The first-order valence-electron chi connectivity index (χ1n) is 14.4. The lowest BCUT2D eigenvalue weighted by molar-refractivity contribution is 0.137. The lowest BCUT2D eigenvalue weighted by Crippen LogP contribution is -2.50. The predicted molar refractivity (Wildman–Crippen MR) is 166 cm³/mol. The third-order valence-electron chi connectivity index (χ3n) is 7.62. The van der Waals surface area contributed by atoms with Crippen molar-refractivity contribution in [2.75, 3.05) is 23.1 Å². The highest BCUT2D eigenvalue weighted by molar-refractivity contribution is 7.91. The van der Waals surface area contributed by atoms with Crippen LogP contribution >= 0.6 is 0 Å². The molecule has 4 aromatic rings. The molecule has 1 aliphatic rings. The SMILES string of the molecule is Cc1ccc(CS(=O)(=O)Nc2c(F)cc(-c3cc4cnc(N[C@@H]5CNC[C@@](C)(F)C5)nc4n(C(C)C)c3=O)c(F)c2F)c(C#N)c1. The molecular formula is C31H31F4N7O3S. The fourth-order valence-electron chi connectivity index (χ4n) is 5.51. The number of fused-ring (bicyclic) bond motifs is 1. The molecule has 2 aromatic heterocycles. The lowest BCUT2D eigenvalue weighted by atomic mass is 9.95. The van der Waals surface area contributed by atoms with Crippen molar-refractivity contribution in [1.29, 1.82) is 5.26 Å². The fourth-order valence-corrected chi connectivity index (χ4v) is 6.74. The summed E-state index contributed by atoms with van der Waals surface area (Å²) in [4.78, 5) is 22.4. The molecule has 10 nitrogen and oxygen atoms in total. The summed E-state index contributed by atoms with van der Waals surface area (Å²) in [6, 6.07) is 7.18. The van der Waals surface area contributed by atoms with E-state index in [9.17, 15) is 22.9 Å². The van der Waals surface area contributed by atoms with E-state index < -0.39 is 67.3 Å². The van der Waals surface area contributed by atoms with E-state index in [1.165, 1.54) is 35.9 Å². The van der Waals surface area contributed by atoms with Gasteiger partial charge in [-0.05, 0) is 57.0 Å². The van der Waals surface area contributed by atoms with Gasteiger partial charge in [-0.15, -0.1) is 0 Å². The molecule has 0 unspecified atom stereocenters. The summed E-state index contributed by atoms with van der Waals surface area (Å²) in [7, 11) is -4.51. The Hall–Kier alpha value is -4.55. The number of benzene rings is 2. The highest BCUT2D eigenvalue weighted by Crippen LogP contribution is 2.33. The summed E-state index contributed by atoms with van der Waals surface area (Å²) in [5.41, 5.74) is -3.64. The molecule has 1 fully saturated rings. The molecule has 0 spiro atoms. The Labute approximate surface area is 262 Å². The molecule has 3 heterocycles. The zero-order valence-electron chi connectivity index (χ0n) is 25.4. The van der Waals surface area contributed by atoms with E-state index in [1.807, 2.05) is 6.07 Å². The third kappa shape index (κ3) is 6.68.